The van der Waals surface area contributed by atoms with E-state index in [1.54, 1.807) is 0 Å². The Morgan fingerprint density at radius 2 is 1.88 bits per heavy atom. The predicted molar refractivity (Wildman–Crippen MR) is 103 cm³/mol. The zero-order valence-electron chi connectivity index (χ0n) is 14.1. The molecule has 1 saturated carbocycles. The Labute approximate surface area is 158 Å². The summed E-state index contributed by atoms with van der Waals surface area (Å²) in [5.74, 6) is -0.568. The highest BCUT2D eigenvalue weighted by molar-refractivity contribution is 6.34. The smallest absolute Gasteiger partial charge is 0.259 e. The van der Waals surface area contributed by atoms with Crippen LogP contribution in [0.2, 0.25) is 10.0 Å². The fraction of sp³-hybridized carbons (Fsp3) is 0.350. The second kappa shape index (κ2) is 7.27. The van der Waals surface area contributed by atoms with Crippen LogP contribution in [0.5, 0.6) is 5.75 Å². The molecule has 2 aromatic rings. The first-order valence-electron chi connectivity index (χ1n) is 8.45. The van der Waals surface area contributed by atoms with Gasteiger partial charge in [-0.3, -0.25) is 4.79 Å². The van der Waals surface area contributed by atoms with Crippen LogP contribution in [0.25, 0.3) is 0 Å². The predicted octanol–water partition coefficient (Wildman–Crippen LogP) is 6.07. The molecule has 0 heterocycles. The number of benzene rings is 2. The summed E-state index contributed by atoms with van der Waals surface area (Å²) >= 11 is 12.3. The summed E-state index contributed by atoms with van der Waals surface area (Å²) in [5, 5.41) is 13.4. The molecule has 1 amide bonds. The second-order valence-corrected chi connectivity index (χ2v) is 7.97. The van der Waals surface area contributed by atoms with Gasteiger partial charge in [0, 0.05) is 5.02 Å². The maximum atomic E-state index is 12.4. The Hall–Kier alpha value is -1.71. The van der Waals surface area contributed by atoms with E-state index in [0.29, 0.717) is 21.1 Å². The van der Waals surface area contributed by atoms with Crippen molar-refractivity contribution in [3.63, 3.8) is 0 Å². The van der Waals surface area contributed by atoms with Gasteiger partial charge in [0.1, 0.15) is 5.75 Å². The molecule has 0 bridgehead atoms. The van der Waals surface area contributed by atoms with Crippen molar-refractivity contribution in [1.29, 1.82) is 0 Å². The van der Waals surface area contributed by atoms with Gasteiger partial charge in [0.15, 0.2) is 0 Å². The Morgan fingerprint density at radius 3 is 2.56 bits per heavy atom. The Balaban J connectivity index is 1.75. The van der Waals surface area contributed by atoms with Gasteiger partial charge in [-0.05, 0) is 60.6 Å². The van der Waals surface area contributed by atoms with Crippen LogP contribution in [0.15, 0.2) is 36.4 Å². The van der Waals surface area contributed by atoms with E-state index in [1.165, 1.54) is 49.4 Å². The highest BCUT2D eigenvalue weighted by atomic mass is 35.5. The van der Waals surface area contributed by atoms with Crippen LogP contribution in [0.3, 0.4) is 0 Å². The fourth-order valence-corrected chi connectivity index (χ4v) is 3.97. The van der Waals surface area contributed by atoms with Gasteiger partial charge in [-0.2, -0.15) is 0 Å². The molecule has 2 N–H and O–H groups in total. The van der Waals surface area contributed by atoms with Crippen molar-refractivity contribution in [1.82, 2.24) is 0 Å². The maximum Gasteiger partial charge on any atom is 0.259 e. The summed E-state index contributed by atoms with van der Waals surface area (Å²) in [4.78, 5) is 12.4. The van der Waals surface area contributed by atoms with Gasteiger partial charge in [-0.25, -0.2) is 0 Å². The van der Waals surface area contributed by atoms with Crippen LogP contribution >= 0.6 is 23.2 Å². The number of carbonyl (C=O) groups excluding carboxylic acids is 1. The Bertz CT molecular complexity index is 798. The van der Waals surface area contributed by atoms with Crippen molar-refractivity contribution in [2.24, 2.45) is 5.41 Å². The van der Waals surface area contributed by atoms with Gasteiger partial charge in [-0.1, -0.05) is 49.0 Å². The van der Waals surface area contributed by atoms with E-state index in [9.17, 15) is 9.90 Å². The van der Waals surface area contributed by atoms with E-state index in [4.69, 9.17) is 23.2 Å². The molecule has 0 unspecified atom stereocenters. The standard InChI is InChI=1S/C20H21Cl2NO2/c1-20(8-2-3-9-20)12-13-4-6-17(16(22)10-13)23-19(25)15-11-14(21)5-7-18(15)24/h4-7,10-11,24H,2-3,8-9,12H2,1H3,(H,23,25). The Morgan fingerprint density at radius 1 is 1.16 bits per heavy atom. The molecule has 0 aromatic heterocycles. The number of carbonyl (C=O) groups is 1. The second-order valence-electron chi connectivity index (χ2n) is 7.12. The lowest BCUT2D eigenvalue weighted by Crippen LogP contribution is -2.15. The number of anilines is 1. The summed E-state index contributed by atoms with van der Waals surface area (Å²) in [5.41, 5.74) is 2.16. The van der Waals surface area contributed by atoms with Crippen molar-refractivity contribution in [3.8, 4) is 5.75 Å². The molecule has 25 heavy (non-hydrogen) atoms. The molecule has 0 aliphatic heterocycles. The Kier molecular flexibility index (Phi) is 5.26. The third kappa shape index (κ3) is 4.28. The summed E-state index contributed by atoms with van der Waals surface area (Å²) < 4.78 is 0. The number of hydrogen-bond acceptors (Lipinski definition) is 2. The van der Waals surface area contributed by atoms with Crippen molar-refractivity contribution in [3.05, 3.63) is 57.6 Å². The van der Waals surface area contributed by atoms with Gasteiger partial charge < -0.3 is 10.4 Å². The molecule has 0 radical (unpaired) electrons. The van der Waals surface area contributed by atoms with Gasteiger partial charge >= 0.3 is 0 Å². The zero-order valence-corrected chi connectivity index (χ0v) is 15.6. The minimum absolute atomic E-state index is 0.117. The summed E-state index contributed by atoms with van der Waals surface area (Å²) in [7, 11) is 0. The van der Waals surface area contributed by atoms with E-state index < -0.39 is 5.91 Å². The first-order valence-corrected chi connectivity index (χ1v) is 9.20. The lowest BCUT2D eigenvalue weighted by molar-refractivity contribution is 0.102. The fourth-order valence-electron chi connectivity index (χ4n) is 3.55. The highest BCUT2D eigenvalue weighted by Crippen LogP contribution is 2.41. The monoisotopic (exact) mass is 377 g/mol. The first kappa shape index (κ1) is 18.1. The third-order valence-corrected chi connectivity index (χ3v) is 5.47. The van der Waals surface area contributed by atoms with Crippen LogP contribution in [-0.4, -0.2) is 11.0 Å². The first-order chi connectivity index (χ1) is 11.9. The molecule has 1 fully saturated rings. The quantitative estimate of drug-likeness (QED) is 0.678. The van der Waals surface area contributed by atoms with Crippen LogP contribution in [0.4, 0.5) is 5.69 Å². The van der Waals surface area contributed by atoms with E-state index in [-0.39, 0.29) is 11.3 Å². The van der Waals surface area contributed by atoms with Gasteiger partial charge in [0.05, 0.1) is 16.3 Å². The van der Waals surface area contributed by atoms with Crippen LogP contribution in [0, 0.1) is 5.41 Å². The van der Waals surface area contributed by atoms with Crippen LogP contribution in [-0.2, 0) is 6.42 Å². The molecule has 3 nitrogen and oxygen atoms in total. The number of phenols is 1. The van der Waals surface area contributed by atoms with Crippen LogP contribution in [0.1, 0.15) is 48.5 Å². The van der Waals surface area contributed by atoms with Gasteiger partial charge in [0.25, 0.3) is 5.91 Å². The van der Waals surface area contributed by atoms with E-state index in [0.717, 1.165) is 6.42 Å². The number of phenolic OH excluding ortho intramolecular Hbond substituents is 1. The van der Waals surface area contributed by atoms with Gasteiger partial charge in [-0.15, -0.1) is 0 Å². The van der Waals surface area contributed by atoms with Crippen LogP contribution < -0.4 is 5.32 Å². The topological polar surface area (TPSA) is 49.3 Å². The molecule has 0 spiro atoms. The number of aromatic hydroxyl groups is 1. The van der Waals surface area contributed by atoms with Crippen molar-refractivity contribution >= 4 is 34.8 Å². The van der Waals surface area contributed by atoms with Crippen molar-refractivity contribution in [2.75, 3.05) is 5.32 Å². The number of halogens is 2. The van der Waals surface area contributed by atoms with E-state index in [1.807, 2.05) is 18.2 Å². The number of amides is 1. The normalized spacial score (nSPS) is 16.0. The summed E-state index contributed by atoms with van der Waals surface area (Å²) in [6.45, 7) is 2.32. The number of nitrogens with one attached hydrogen (secondary N) is 1. The molecule has 3 rings (SSSR count). The maximum absolute atomic E-state index is 12.4. The van der Waals surface area contributed by atoms with Gasteiger partial charge in [0.2, 0.25) is 0 Å². The van der Waals surface area contributed by atoms with Crippen molar-refractivity contribution in [2.45, 2.75) is 39.0 Å². The molecule has 5 heteroatoms. The van der Waals surface area contributed by atoms with Crippen molar-refractivity contribution < 1.29 is 9.90 Å². The molecule has 0 atom stereocenters. The van der Waals surface area contributed by atoms with E-state index in [2.05, 4.69) is 12.2 Å². The van der Waals surface area contributed by atoms with E-state index >= 15 is 0 Å². The lowest BCUT2D eigenvalue weighted by atomic mass is 9.82. The molecule has 2 aromatic carbocycles. The lowest BCUT2D eigenvalue weighted by Gasteiger charge is -2.23. The summed E-state index contributed by atoms with van der Waals surface area (Å²) in [6, 6.07) is 10.1. The number of rotatable bonds is 4. The molecular formula is C20H21Cl2NO2. The molecule has 132 valence electrons. The summed E-state index contributed by atoms with van der Waals surface area (Å²) in [6.07, 6.45) is 6.08. The third-order valence-electron chi connectivity index (χ3n) is 4.93. The largest absolute Gasteiger partial charge is 0.507 e. The molecule has 1 aliphatic carbocycles. The minimum atomic E-state index is -0.447. The number of hydrogen-bond donors (Lipinski definition) is 2. The average molecular weight is 378 g/mol. The molecule has 0 saturated heterocycles. The minimum Gasteiger partial charge on any atom is -0.507 e. The zero-order chi connectivity index (χ0) is 18.0. The average Bonchev–Trinajstić information content (AvgIpc) is 2.98. The molecule has 1 aliphatic rings. The SMILES string of the molecule is CC1(Cc2ccc(NC(=O)c3cc(Cl)ccc3O)c(Cl)c2)CCCC1. The highest BCUT2D eigenvalue weighted by Gasteiger charge is 2.28. The molecular weight excluding hydrogens is 357 g/mol.